The van der Waals surface area contributed by atoms with Gasteiger partial charge in [0.05, 0.1) is 21.8 Å². The molecule has 0 fully saturated rings. The largest absolute Gasteiger partial charge is 0.431 e. The van der Waals surface area contributed by atoms with E-state index in [1.165, 1.54) is 0 Å². The predicted molar refractivity (Wildman–Crippen MR) is 104 cm³/mol. The first-order valence-electron chi connectivity index (χ1n) is 7.75. The number of hydrazone groups is 1. The molecule has 6 nitrogen and oxygen atoms in total. The molecule has 1 aliphatic rings. The molecular weight excluding hydrogens is 373 g/mol. The van der Waals surface area contributed by atoms with E-state index in [-0.39, 0.29) is 0 Å². The molecule has 1 N–H and O–H groups in total. The topological polar surface area (TPSA) is 62.6 Å². The maximum atomic E-state index is 6.25. The molecule has 0 bridgehead atoms. The van der Waals surface area contributed by atoms with Gasteiger partial charge in [-0.3, -0.25) is 0 Å². The Morgan fingerprint density at radius 1 is 1.00 bits per heavy atom. The summed E-state index contributed by atoms with van der Waals surface area (Å²) in [6.45, 7) is 0. The second-order valence-electron chi connectivity index (χ2n) is 5.50. The van der Waals surface area contributed by atoms with Crippen LogP contribution in [0.5, 0.6) is 5.75 Å². The van der Waals surface area contributed by atoms with Crippen LogP contribution in [-0.2, 0) is 0 Å². The van der Waals surface area contributed by atoms with E-state index in [9.17, 15) is 0 Å². The lowest BCUT2D eigenvalue weighted by Crippen LogP contribution is -2.26. The van der Waals surface area contributed by atoms with E-state index in [0.717, 1.165) is 5.69 Å². The Hall–Kier alpha value is -2.83. The second-order valence-corrected chi connectivity index (χ2v) is 6.31. The number of nitrogens with zero attached hydrogens (tertiary/aromatic N) is 4. The van der Waals surface area contributed by atoms with Crippen LogP contribution < -0.4 is 15.1 Å². The third-order valence-electron chi connectivity index (χ3n) is 3.70. The second kappa shape index (κ2) is 6.82. The standard InChI is InChI=1S/C18H13Cl2N5O/c1-25-16-14(10-21-18(23-16)22-11-6-3-2-4-7-11)26-17(24-25)15-12(19)8-5-9-13(15)20/h2-10H,1H3,(H,21,22,23). The highest BCUT2D eigenvalue weighted by atomic mass is 35.5. The molecule has 26 heavy (non-hydrogen) atoms. The minimum Gasteiger partial charge on any atom is -0.431 e. The van der Waals surface area contributed by atoms with Crippen LogP contribution in [-0.4, -0.2) is 22.9 Å². The summed E-state index contributed by atoms with van der Waals surface area (Å²) >= 11 is 12.5. The summed E-state index contributed by atoms with van der Waals surface area (Å²) in [5.74, 6) is 1.74. The van der Waals surface area contributed by atoms with Crippen LogP contribution in [0.1, 0.15) is 5.56 Å². The van der Waals surface area contributed by atoms with Crippen molar-refractivity contribution >= 4 is 46.6 Å². The molecule has 130 valence electrons. The van der Waals surface area contributed by atoms with E-state index in [1.807, 2.05) is 30.3 Å². The first kappa shape index (κ1) is 16.6. The molecule has 4 rings (SSSR count). The van der Waals surface area contributed by atoms with Crippen LogP contribution in [0.2, 0.25) is 10.0 Å². The van der Waals surface area contributed by atoms with Crippen LogP contribution >= 0.6 is 23.2 Å². The van der Waals surface area contributed by atoms with Crippen molar-refractivity contribution in [1.82, 2.24) is 9.97 Å². The van der Waals surface area contributed by atoms with E-state index in [2.05, 4.69) is 20.4 Å². The quantitative estimate of drug-likeness (QED) is 0.706. The summed E-state index contributed by atoms with van der Waals surface area (Å²) < 4.78 is 5.84. The summed E-state index contributed by atoms with van der Waals surface area (Å²) in [6, 6.07) is 14.9. The lowest BCUT2D eigenvalue weighted by Gasteiger charge is -2.24. The van der Waals surface area contributed by atoms with Crippen molar-refractivity contribution in [2.45, 2.75) is 0 Å². The van der Waals surface area contributed by atoms with E-state index in [1.54, 1.807) is 36.5 Å². The van der Waals surface area contributed by atoms with Gasteiger partial charge in [0.2, 0.25) is 11.8 Å². The van der Waals surface area contributed by atoms with Crippen molar-refractivity contribution in [2.75, 3.05) is 17.4 Å². The number of hydrogen-bond acceptors (Lipinski definition) is 6. The normalized spacial score (nSPS) is 12.9. The lowest BCUT2D eigenvalue weighted by atomic mass is 10.2. The summed E-state index contributed by atoms with van der Waals surface area (Å²) in [6.07, 6.45) is 1.59. The number of hydrogen-bond donors (Lipinski definition) is 1. The van der Waals surface area contributed by atoms with Crippen molar-refractivity contribution < 1.29 is 4.74 Å². The third-order valence-corrected chi connectivity index (χ3v) is 4.33. The highest BCUT2D eigenvalue weighted by molar-refractivity contribution is 6.39. The van der Waals surface area contributed by atoms with Gasteiger partial charge in [0.15, 0.2) is 11.6 Å². The van der Waals surface area contributed by atoms with Crippen LogP contribution in [0.3, 0.4) is 0 Å². The van der Waals surface area contributed by atoms with Gasteiger partial charge in [0.25, 0.3) is 0 Å². The lowest BCUT2D eigenvalue weighted by molar-refractivity contribution is 0.525. The smallest absolute Gasteiger partial charge is 0.247 e. The summed E-state index contributed by atoms with van der Waals surface area (Å²) in [5, 5.41) is 10.1. The molecular formula is C18H13Cl2N5O. The average molecular weight is 386 g/mol. The number of fused-ring (bicyclic) bond motifs is 1. The van der Waals surface area contributed by atoms with Gasteiger partial charge in [-0.05, 0) is 24.3 Å². The van der Waals surface area contributed by atoms with Gasteiger partial charge in [-0.15, -0.1) is 5.10 Å². The van der Waals surface area contributed by atoms with Crippen molar-refractivity contribution in [2.24, 2.45) is 5.10 Å². The van der Waals surface area contributed by atoms with Crippen molar-refractivity contribution in [3.63, 3.8) is 0 Å². The number of ether oxygens (including phenoxy) is 1. The van der Waals surface area contributed by atoms with E-state index in [0.29, 0.717) is 39.0 Å². The monoisotopic (exact) mass is 385 g/mol. The maximum Gasteiger partial charge on any atom is 0.247 e. The van der Waals surface area contributed by atoms with Crippen LogP contribution in [0.15, 0.2) is 59.8 Å². The van der Waals surface area contributed by atoms with Crippen LogP contribution in [0.25, 0.3) is 0 Å². The molecule has 0 amide bonds. The van der Waals surface area contributed by atoms with Gasteiger partial charge in [-0.25, -0.2) is 9.99 Å². The molecule has 0 atom stereocenters. The molecule has 0 radical (unpaired) electrons. The third kappa shape index (κ3) is 3.16. The fourth-order valence-corrected chi connectivity index (χ4v) is 3.05. The highest BCUT2D eigenvalue weighted by Gasteiger charge is 2.25. The first-order valence-corrected chi connectivity index (χ1v) is 8.51. The van der Waals surface area contributed by atoms with E-state index >= 15 is 0 Å². The number of aromatic nitrogens is 2. The predicted octanol–water partition coefficient (Wildman–Crippen LogP) is 4.72. The zero-order valence-electron chi connectivity index (χ0n) is 13.6. The van der Waals surface area contributed by atoms with Gasteiger partial charge in [-0.2, -0.15) is 4.98 Å². The van der Waals surface area contributed by atoms with Crippen molar-refractivity contribution in [1.29, 1.82) is 0 Å². The van der Waals surface area contributed by atoms with E-state index in [4.69, 9.17) is 27.9 Å². The Bertz CT molecular complexity index is 974. The molecule has 0 saturated heterocycles. The Kier molecular flexibility index (Phi) is 4.36. The summed E-state index contributed by atoms with van der Waals surface area (Å²) in [5.41, 5.74) is 1.42. The molecule has 3 aromatic rings. The molecule has 1 aromatic heterocycles. The zero-order valence-corrected chi connectivity index (χ0v) is 15.2. The van der Waals surface area contributed by atoms with Gasteiger partial charge in [0, 0.05) is 12.7 Å². The fraction of sp³-hybridized carbons (Fsp3) is 0.0556. The highest BCUT2D eigenvalue weighted by Crippen LogP contribution is 2.34. The van der Waals surface area contributed by atoms with Gasteiger partial charge in [0.1, 0.15) is 0 Å². The van der Waals surface area contributed by atoms with E-state index < -0.39 is 0 Å². The molecule has 2 aromatic carbocycles. The molecule has 2 heterocycles. The minimum atomic E-state index is 0.294. The van der Waals surface area contributed by atoms with Crippen molar-refractivity contribution in [3.8, 4) is 5.75 Å². The van der Waals surface area contributed by atoms with Crippen LogP contribution in [0, 0.1) is 0 Å². The number of rotatable bonds is 3. The number of para-hydroxylation sites is 1. The zero-order chi connectivity index (χ0) is 18.1. The number of nitrogens with one attached hydrogen (secondary N) is 1. The molecule has 0 spiro atoms. The number of benzene rings is 2. The fourth-order valence-electron chi connectivity index (χ4n) is 2.49. The van der Waals surface area contributed by atoms with Crippen LogP contribution in [0.4, 0.5) is 17.5 Å². The number of halogens is 2. The SMILES string of the molecule is CN1N=C(c2c(Cl)cccc2Cl)Oc2cnc(Nc3ccccc3)nc21. The van der Waals surface area contributed by atoms with Gasteiger partial charge >= 0.3 is 0 Å². The van der Waals surface area contributed by atoms with Gasteiger partial charge < -0.3 is 10.1 Å². The summed E-state index contributed by atoms with van der Waals surface area (Å²) in [7, 11) is 1.77. The molecule has 0 saturated carbocycles. The molecule has 0 unspecified atom stereocenters. The van der Waals surface area contributed by atoms with Crippen molar-refractivity contribution in [3.05, 3.63) is 70.3 Å². The molecule has 1 aliphatic heterocycles. The minimum absolute atomic E-state index is 0.294. The molecule has 0 aliphatic carbocycles. The first-order chi connectivity index (χ1) is 12.6. The Balaban J connectivity index is 1.65. The van der Waals surface area contributed by atoms with Gasteiger partial charge in [-0.1, -0.05) is 47.5 Å². The number of anilines is 3. The maximum absolute atomic E-state index is 6.25. The average Bonchev–Trinajstić information content (AvgIpc) is 2.63. The Labute approximate surface area is 160 Å². The Morgan fingerprint density at radius 2 is 1.73 bits per heavy atom. The summed E-state index contributed by atoms with van der Waals surface area (Å²) in [4.78, 5) is 8.77. The molecule has 8 heteroatoms. The Morgan fingerprint density at radius 3 is 2.46 bits per heavy atom.